The van der Waals surface area contributed by atoms with Crippen molar-refractivity contribution in [3.8, 4) is 0 Å². The molecular weight excluding hydrogens is 174 g/mol. The van der Waals surface area contributed by atoms with Crippen LogP contribution >= 0.6 is 0 Å². The highest BCUT2D eigenvalue weighted by Gasteiger charge is 2.21. The summed E-state index contributed by atoms with van der Waals surface area (Å²) >= 11 is 0. The Labute approximate surface area is 84.6 Å². The van der Waals surface area contributed by atoms with Gasteiger partial charge in [0.25, 0.3) is 0 Å². The second-order valence-corrected chi connectivity index (χ2v) is 3.88. The van der Waals surface area contributed by atoms with Gasteiger partial charge in [0.15, 0.2) is 0 Å². The van der Waals surface area contributed by atoms with E-state index in [0.29, 0.717) is 0 Å². The molecule has 74 valence electrons. The molecule has 2 nitrogen and oxygen atoms in total. The van der Waals surface area contributed by atoms with Crippen molar-refractivity contribution < 1.29 is 4.84 Å². The molecule has 14 heavy (non-hydrogen) atoms. The minimum absolute atomic E-state index is 0.769. The molecule has 0 unspecified atom stereocenters. The fourth-order valence-corrected chi connectivity index (χ4v) is 1.18. The average molecular weight is 189 g/mol. The Bertz CT molecular complexity index is 312. The third-order valence-electron chi connectivity index (χ3n) is 2.36. The Hall–Kier alpha value is -1.31. The molecule has 0 radical (unpaired) electrons. The predicted octanol–water partition coefficient (Wildman–Crippen LogP) is 2.76. The molecule has 2 heteroatoms. The van der Waals surface area contributed by atoms with E-state index in [1.165, 1.54) is 18.4 Å². The summed E-state index contributed by atoms with van der Waals surface area (Å²) in [6, 6.07) is 8.23. The molecule has 0 spiro atoms. The minimum Gasteiger partial charge on any atom is -0.396 e. The summed E-state index contributed by atoms with van der Waals surface area (Å²) < 4.78 is 0. The van der Waals surface area contributed by atoms with Crippen LogP contribution in [0.4, 0.5) is 0 Å². The third-order valence-corrected chi connectivity index (χ3v) is 2.36. The zero-order valence-corrected chi connectivity index (χ0v) is 8.44. The topological polar surface area (TPSA) is 21.6 Å². The minimum atomic E-state index is 0.769. The highest BCUT2D eigenvalue weighted by Crippen LogP contribution is 2.28. The first-order valence-electron chi connectivity index (χ1n) is 5.06. The molecule has 0 aliphatic heterocycles. The van der Waals surface area contributed by atoms with E-state index in [1.807, 2.05) is 12.1 Å². The molecule has 0 bridgehead atoms. The highest BCUT2D eigenvalue weighted by molar-refractivity contribution is 5.79. The summed E-state index contributed by atoms with van der Waals surface area (Å²) in [7, 11) is 0. The first kappa shape index (κ1) is 9.25. The molecule has 0 N–H and O–H groups in total. The fourth-order valence-electron chi connectivity index (χ4n) is 1.18. The smallest absolute Gasteiger partial charge is 0.120 e. The molecule has 2 rings (SSSR count). The molecule has 0 amide bonds. The van der Waals surface area contributed by atoms with E-state index in [9.17, 15) is 0 Å². The zero-order valence-electron chi connectivity index (χ0n) is 8.44. The molecule has 1 fully saturated rings. The van der Waals surface area contributed by atoms with Crippen LogP contribution in [-0.4, -0.2) is 12.8 Å². The Balaban J connectivity index is 1.80. The van der Waals surface area contributed by atoms with E-state index >= 15 is 0 Å². The van der Waals surface area contributed by atoms with E-state index in [1.54, 1.807) is 6.21 Å². The number of aryl methyl sites for hydroxylation is 1. The molecule has 0 saturated heterocycles. The van der Waals surface area contributed by atoms with Crippen molar-refractivity contribution in [3.63, 3.8) is 0 Å². The Morgan fingerprint density at radius 2 is 2.07 bits per heavy atom. The van der Waals surface area contributed by atoms with E-state index in [-0.39, 0.29) is 0 Å². The van der Waals surface area contributed by atoms with Crippen LogP contribution in [0.25, 0.3) is 0 Å². The lowest BCUT2D eigenvalue weighted by atomic mass is 10.2. The van der Waals surface area contributed by atoms with Gasteiger partial charge in [0.2, 0.25) is 0 Å². The lowest BCUT2D eigenvalue weighted by Gasteiger charge is -1.96. The second kappa shape index (κ2) is 4.27. The van der Waals surface area contributed by atoms with Gasteiger partial charge in [0, 0.05) is 0 Å². The lowest BCUT2D eigenvalue weighted by Crippen LogP contribution is -1.90. The Morgan fingerprint density at radius 3 is 2.71 bits per heavy atom. The Morgan fingerprint density at radius 1 is 1.36 bits per heavy atom. The summed E-state index contributed by atoms with van der Waals surface area (Å²) in [6.45, 7) is 2.85. The molecule has 1 aromatic carbocycles. The van der Waals surface area contributed by atoms with Crippen molar-refractivity contribution in [3.05, 3.63) is 35.4 Å². The van der Waals surface area contributed by atoms with Crippen molar-refractivity contribution in [2.24, 2.45) is 11.1 Å². The van der Waals surface area contributed by atoms with E-state index < -0.39 is 0 Å². The number of hydrogen-bond acceptors (Lipinski definition) is 2. The molecule has 0 aromatic heterocycles. The SMILES string of the molecule is Cc1ccc(/C=N/OCC2CC2)cc1. The molecule has 1 aromatic rings. The van der Waals surface area contributed by atoms with Gasteiger partial charge < -0.3 is 4.84 Å². The maximum Gasteiger partial charge on any atom is 0.120 e. The number of rotatable bonds is 4. The summed E-state index contributed by atoms with van der Waals surface area (Å²) in [5, 5.41) is 3.93. The van der Waals surface area contributed by atoms with Gasteiger partial charge >= 0.3 is 0 Å². The quantitative estimate of drug-likeness (QED) is 0.527. The Kier molecular flexibility index (Phi) is 2.82. The van der Waals surface area contributed by atoms with Crippen LogP contribution < -0.4 is 0 Å². The summed E-state index contributed by atoms with van der Waals surface area (Å²) in [5.41, 5.74) is 2.35. The van der Waals surface area contributed by atoms with Crippen LogP contribution in [0.1, 0.15) is 24.0 Å². The van der Waals surface area contributed by atoms with Gasteiger partial charge in [-0.3, -0.25) is 0 Å². The molecular formula is C12H15NO. The lowest BCUT2D eigenvalue weighted by molar-refractivity contribution is 0.135. The molecule has 0 heterocycles. The van der Waals surface area contributed by atoms with Crippen LogP contribution in [0, 0.1) is 12.8 Å². The van der Waals surface area contributed by atoms with Gasteiger partial charge in [-0.1, -0.05) is 35.0 Å². The van der Waals surface area contributed by atoms with Crippen molar-refractivity contribution in [1.29, 1.82) is 0 Å². The van der Waals surface area contributed by atoms with Crippen LogP contribution in [0.15, 0.2) is 29.4 Å². The summed E-state index contributed by atoms with van der Waals surface area (Å²) in [5.74, 6) is 0.769. The van der Waals surface area contributed by atoms with Crippen molar-refractivity contribution in [1.82, 2.24) is 0 Å². The highest BCUT2D eigenvalue weighted by atomic mass is 16.6. The van der Waals surface area contributed by atoms with Crippen LogP contribution in [0.2, 0.25) is 0 Å². The van der Waals surface area contributed by atoms with E-state index in [0.717, 1.165) is 18.1 Å². The van der Waals surface area contributed by atoms with Gasteiger partial charge in [-0.2, -0.15) is 0 Å². The number of hydrogen-bond donors (Lipinski definition) is 0. The van der Waals surface area contributed by atoms with E-state index in [2.05, 4.69) is 24.2 Å². The predicted molar refractivity (Wildman–Crippen MR) is 57.4 cm³/mol. The van der Waals surface area contributed by atoms with Gasteiger partial charge in [0.05, 0.1) is 6.21 Å². The fraction of sp³-hybridized carbons (Fsp3) is 0.417. The number of benzene rings is 1. The monoisotopic (exact) mass is 189 g/mol. The first-order valence-corrected chi connectivity index (χ1v) is 5.06. The second-order valence-electron chi connectivity index (χ2n) is 3.88. The van der Waals surface area contributed by atoms with Crippen molar-refractivity contribution >= 4 is 6.21 Å². The summed E-state index contributed by atoms with van der Waals surface area (Å²) in [4.78, 5) is 5.16. The maximum atomic E-state index is 5.16. The van der Waals surface area contributed by atoms with Crippen LogP contribution in [-0.2, 0) is 4.84 Å². The number of oxime groups is 1. The van der Waals surface area contributed by atoms with Crippen LogP contribution in [0.5, 0.6) is 0 Å². The van der Waals surface area contributed by atoms with Crippen LogP contribution in [0.3, 0.4) is 0 Å². The standard InChI is InChI=1S/C12H15NO/c1-10-2-4-11(5-3-10)8-13-14-9-12-6-7-12/h2-5,8,12H,6-7,9H2,1H3/b13-8+. The van der Waals surface area contributed by atoms with Crippen molar-refractivity contribution in [2.45, 2.75) is 19.8 Å². The van der Waals surface area contributed by atoms with Gasteiger partial charge in [-0.15, -0.1) is 0 Å². The molecule has 1 aliphatic rings. The maximum absolute atomic E-state index is 5.16. The first-order chi connectivity index (χ1) is 6.84. The normalized spacial score (nSPS) is 16.1. The zero-order chi connectivity index (χ0) is 9.80. The van der Waals surface area contributed by atoms with Gasteiger partial charge in [0.1, 0.15) is 6.61 Å². The molecule has 0 atom stereocenters. The number of nitrogens with zero attached hydrogens (tertiary/aromatic N) is 1. The molecule has 1 aliphatic carbocycles. The summed E-state index contributed by atoms with van der Waals surface area (Å²) in [6.07, 6.45) is 4.38. The van der Waals surface area contributed by atoms with E-state index in [4.69, 9.17) is 4.84 Å². The average Bonchev–Trinajstić information content (AvgIpc) is 2.99. The third kappa shape index (κ3) is 2.87. The molecule has 1 saturated carbocycles. The van der Waals surface area contributed by atoms with Crippen molar-refractivity contribution in [2.75, 3.05) is 6.61 Å². The van der Waals surface area contributed by atoms with Gasteiger partial charge in [-0.25, -0.2) is 0 Å². The van der Waals surface area contributed by atoms with Gasteiger partial charge in [-0.05, 0) is 31.2 Å². The largest absolute Gasteiger partial charge is 0.396 e.